The molecule has 3 aromatic rings. The van der Waals surface area contributed by atoms with Crippen LogP contribution >= 0.6 is 0 Å². The second kappa shape index (κ2) is 5.98. The third-order valence-electron chi connectivity index (χ3n) is 4.44. The second-order valence-electron chi connectivity index (χ2n) is 6.15. The predicted molar refractivity (Wildman–Crippen MR) is 96.5 cm³/mol. The summed E-state index contributed by atoms with van der Waals surface area (Å²) in [5.74, 6) is 0.945. The summed E-state index contributed by atoms with van der Waals surface area (Å²) < 4.78 is 0. The molecule has 1 aromatic carbocycles. The minimum absolute atomic E-state index is 0.201. The Morgan fingerprint density at radius 3 is 2.46 bits per heavy atom. The maximum absolute atomic E-state index is 6.08. The molecule has 24 heavy (non-hydrogen) atoms. The van der Waals surface area contributed by atoms with Crippen LogP contribution in [0.15, 0.2) is 48.8 Å². The molecule has 6 heteroatoms. The van der Waals surface area contributed by atoms with Crippen LogP contribution in [0, 0.1) is 0 Å². The standard InChI is InChI=1S/C18H20N6/c19-14-3-1-13(2-4-14)17-16(12-5-8-21-9-6-12)18(23-22-17)24-10-7-15(20)11-24/h1-6,8-9,15H,7,10-11,19-20H2,(H,22,23). The monoisotopic (exact) mass is 320 g/mol. The number of benzene rings is 1. The van der Waals surface area contributed by atoms with Gasteiger partial charge < -0.3 is 16.4 Å². The van der Waals surface area contributed by atoms with Crippen LogP contribution in [0.5, 0.6) is 0 Å². The molecule has 0 amide bonds. The summed E-state index contributed by atoms with van der Waals surface area (Å²) in [5, 5.41) is 7.81. The van der Waals surface area contributed by atoms with Crippen LogP contribution < -0.4 is 16.4 Å². The molecular weight excluding hydrogens is 300 g/mol. The fraction of sp³-hybridized carbons (Fsp3) is 0.222. The lowest BCUT2D eigenvalue weighted by Gasteiger charge is -2.17. The summed E-state index contributed by atoms with van der Waals surface area (Å²) in [5.41, 5.74) is 16.8. The number of hydrogen-bond donors (Lipinski definition) is 3. The van der Waals surface area contributed by atoms with E-state index in [1.807, 2.05) is 36.4 Å². The number of nitrogens with one attached hydrogen (secondary N) is 1. The Labute approximate surface area is 140 Å². The molecule has 1 saturated heterocycles. The van der Waals surface area contributed by atoms with Gasteiger partial charge in [-0.2, -0.15) is 5.10 Å². The van der Waals surface area contributed by atoms with Crippen molar-refractivity contribution in [2.24, 2.45) is 5.73 Å². The average Bonchev–Trinajstić information content (AvgIpc) is 3.22. The Hall–Kier alpha value is -2.86. The van der Waals surface area contributed by atoms with Gasteiger partial charge in [0.2, 0.25) is 0 Å². The van der Waals surface area contributed by atoms with Crippen molar-refractivity contribution in [3.63, 3.8) is 0 Å². The van der Waals surface area contributed by atoms with Crippen molar-refractivity contribution in [1.29, 1.82) is 0 Å². The third-order valence-corrected chi connectivity index (χ3v) is 4.44. The third kappa shape index (κ3) is 2.61. The van der Waals surface area contributed by atoms with E-state index in [0.717, 1.165) is 53.4 Å². The van der Waals surface area contributed by atoms with E-state index in [-0.39, 0.29) is 6.04 Å². The van der Waals surface area contributed by atoms with E-state index in [9.17, 15) is 0 Å². The van der Waals surface area contributed by atoms with E-state index in [1.165, 1.54) is 0 Å². The first kappa shape index (κ1) is 14.7. The number of anilines is 2. The minimum Gasteiger partial charge on any atom is -0.399 e. The van der Waals surface area contributed by atoms with Gasteiger partial charge in [-0.1, -0.05) is 12.1 Å². The van der Waals surface area contributed by atoms with Gasteiger partial charge in [-0.3, -0.25) is 10.1 Å². The highest BCUT2D eigenvalue weighted by Gasteiger charge is 2.26. The first-order chi connectivity index (χ1) is 11.7. The SMILES string of the molecule is Nc1ccc(-c2[nH]nc(N3CCC(N)C3)c2-c2ccncc2)cc1. The van der Waals surface area contributed by atoms with Crippen molar-refractivity contribution in [3.05, 3.63) is 48.8 Å². The van der Waals surface area contributed by atoms with Crippen molar-refractivity contribution >= 4 is 11.5 Å². The molecule has 0 aliphatic carbocycles. The molecule has 0 radical (unpaired) electrons. The summed E-state index contributed by atoms with van der Waals surface area (Å²) in [4.78, 5) is 6.38. The normalized spacial score (nSPS) is 17.4. The molecule has 1 fully saturated rings. The summed E-state index contributed by atoms with van der Waals surface area (Å²) in [6.07, 6.45) is 4.59. The highest BCUT2D eigenvalue weighted by Crippen LogP contribution is 2.38. The maximum Gasteiger partial charge on any atom is 0.159 e. The first-order valence-electron chi connectivity index (χ1n) is 8.07. The summed E-state index contributed by atoms with van der Waals surface area (Å²) in [6, 6.07) is 12.0. The molecule has 5 N–H and O–H groups in total. The fourth-order valence-electron chi connectivity index (χ4n) is 3.19. The van der Waals surface area contributed by atoms with Crippen LogP contribution in [0.2, 0.25) is 0 Å². The van der Waals surface area contributed by atoms with Crippen LogP contribution in [-0.2, 0) is 0 Å². The van der Waals surface area contributed by atoms with Gasteiger partial charge in [-0.05, 0) is 36.2 Å². The van der Waals surface area contributed by atoms with Crippen molar-refractivity contribution < 1.29 is 0 Å². The Bertz CT molecular complexity index is 824. The Morgan fingerprint density at radius 1 is 1.04 bits per heavy atom. The Morgan fingerprint density at radius 2 is 1.79 bits per heavy atom. The molecule has 0 spiro atoms. The molecule has 122 valence electrons. The van der Waals surface area contributed by atoms with Crippen molar-refractivity contribution in [1.82, 2.24) is 15.2 Å². The average molecular weight is 320 g/mol. The molecule has 1 aliphatic rings. The Kier molecular flexibility index (Phi) is 3.66. The zero-order valence-corrected chi connectivity index (χ0v) is 13.3. The van der Waals surface area contributed by atoms with E-state index in [2.05, 4.69) is 20.1 Å². The number of pyridine rings is 1. The number of aromatic amines is 1. The van der Waals surface area contributed by atoms with Crippen LogP contribution in [-0.4, -0.2) is 34.3 Å². The molecule has 1 atom stereocenters. The van der Waals surface area contributed by atoms with E-state index in [1.54, 1.807) is 12.4 Å². The number of nitrogens with two attached hydrogens (primary N) is 2. The molecule has 1 unspecified atom stereocenters. The van der Waals surface area contributed by atoms with E-state index >= 15 is 0 Å². The number of nitrogens with zero attached hydrogens (tertiary/aromatic N) is 3. The van der Waals surface area contributed by atoms with Gasteiger partial charge in [0, 0.05) is 42.8 Å². The summed E-state index contributed by atoms with van der Waals surface area (Å²) in [7, 11) is 0. The maximum atomic E-state index is 6.08. The largest absolute Gasteiger partial charge is 0.399 e. The topological polar surface area (TPSA) is 96.9 Å². The highest BCUT2D eigenvalue weighted by molar-refractivity contribution is 5.89. The van der Waals surface area contributed by atoms with Crippen LogP contribution in [0.3, 0.4) is 0 Å². The lowest BCUT2D eigenvalue weighted by molar-refractivity contribution is 0.751. The number of hydrogen-bond acceptors (Lipinski definition) is 5. The highest BCUT2D eigenvalue weighted by atomic mass is 15.3. The number of aromatic nitrogens is 3. The fourth-order valence-corrected chi connectivity index (χ4v) is 3.19. The van der Waals surface area contributed by atoms with Crippen molar-refractivity contribution in [3.8, 4) is 22.4 Å². The Balaban J connectivity index is 1.85. The molecule has 1 aliphatic heterocycles. The van der Waals surface area contributed by atoms with Gasteiger partial charge in [0.05, 0.1) is 11.3 Å². The molecule has 6 nitrogen and oxygen atoms in total. The van der Waals surface area contributed by atoms with Crippen LogP contribution in [0.25, 0.3) is 22.4 Å². The van der Waals surface area contributed by atoms with Crippen molar-refractivity contribution in [2.45, 2.75) is 12.5 Å². The van der Waals surface area contributed by atoms with Gasteiger partial charge in [0.25, 0.3) is 0 Å². The summed E-state index contributed by atoms with van der Waals surface area (Å²) >= 11 is 0. The van der Waals surface area contributed by atoms with E-state index in [4.69, 9.17) is 11.5 Å². The molecule has 0 bridgehead atoms. The number of rotatable bonds is 3. The molecule has 3 heterocycles. The lowest BCUT2D eigenvalue weighted by atomic mass is 10.0. The van der Waals surface area contributed by atoms with Crippen molar-refractivity contribution in [2.75, 3.05) is 23.7 Å². The second-order valence-corrected chi connectivity index (χ2v) is 6.15. The molecular formula is C18H20N6. The van der Waals surface area contributed by atoms with Crippen LogP contribution in [0.4, 0.5) is 11.5 Å². The minimum atomic E-state index is 0.201. The van der Waals surface area contributed by atoms with E-state index in [0.29, 0.717) is 0 Å². The molecule has 4 rings (SSSR count). The number of H-pyrrole nitrogens is 1. The first-order valence-corrected chi connectivity index (χ1v) is 8.07. The quantitative estimate of drug-likeness (QED) is 0.643. The van der Waals surface area contributed by atoms with Gasteiger partial charge in [-0.25, -0.2) is 0 Å². The predicted octanol–water partition coefficient (Wildman–Crippen LogP) is 2.26. The van der Waals surface area contributed by atoms with Gasteiger partial charge >= 0.3 is 0 Å². The summed E-state index contributed by atoms with van der Waals surface area (Å²) in [6.45, 7) is 1.75. The zero-order chi connectivity index (χ0) is 16.5. The lowest BCUT2D eigenvalue weighted by Crippen LogP contribution is -2.26. The van der Waals surface area contributed by atoms with Gasteiger partial charge in [-0.15, -0.1) is 0 Å². The smallest absolute Gasteiger partial charge is 0.159 e. The zero-order valence-electron chi connectivity index (χ0n) is 13.3. The molecule has 0 saturated carbocycles. The van der Waals surface area contributed by atoms with Gasteiger partial charge in [0.15, 0.2) is 5.82 Å². The van der Waals surface area contributed by atoms with Crippen LogP contribution in [0.1, 0.15) is 6.42 Å². The van der Waals surface area contributed by atoms with E-state index < -0.39 is 0 Å². The number of nitrogen functional groups attached to an aromatic ring is 1. The van der Waals surface area contributed by atoms with Gasteiger partial charge in [0.1, 0.15) is 0 Å². The molecule has 2 aromatic heterocycles.